The lowest BCUT2D eigenvalue weighted by Gasteiger charge is -2.13. The number of esters is 1. The van der Waals surface area contributed by atoms with Crippen molar-refractivity contribution < 1.29 is 14.3 Å². The van der Waals surface area contributed by atoms with Crippen molar-refractivity contribution >= 4 is 23.3 Å². The van der Waals surface area contributed by atoms with Gasteiger partial charge in [0.15, 0.2) is 11.5 Å². The van der Waals surface area contributed by atoms with Crippen LogP contribution in [0.5, 0.6) is 0 Å². The molecule has 1 aliphatic carbocycles. The van der Waals surface area contributed by atoms with Crippen molar-refractivity contribution in [3.8, 4) is 22.5 Å². The van der Waals surface area contributed by atoms with Crippen LogP contribution in [0.2, 0.25) is 0 Å². The highest BCUT2D eigenvalue weighted by Gasteiger charge is 2.24. The second kappa shape index (κ2) is 9.81. The van der Waals surface area contributed by atoms with E-state index in [4.69, 9.17) is 9.72 Å². The molecular formula is C28H29N5O3. The van der Waals surface area contributed by atoms with Crippen LogP contribution in [0, 0.1) is 5.92 Å². The molecule has 5 rings (SSSR count). The molecule has 36 heavy (non-hydrogen) atoms. The normalized spacial score (nSPS) is 13.1. The number of carbonyl (C=O) groups excluding carboxylic acids is 2. The van der Waals surface area contributed by atoms with E-state index in [-0.39, 0.29) is 5.91 Å². The molecule has 184 valence electrons. The molecule has 8 nitrogen and oxygen atoms in total. The number of hydrogen-bond donors (Lipinski definition) is 2. The largest absolute Gasteiger partial charge is 0.465 e. The van der Waals surface area contributed by atoms with Gasteiger partial charge in [-0.05, 0) is 43.0 Å². The predicted octanol–water partition coefficient (Wildman–Crippen LogP) is 4.81. The van der Waals surface area contributed by atoms with Gasteiger partial charge in [0.25, 0.3) is 5.91 Å². The number of nitrogens with one attached hydrogen (secondary N) is 2. The molecule has 2 heterocycles. The Kier molecular flexibility index (Phi) is 6.41. The van der Waals surface area contributed by atoms with E-state index in [1.54, 1.807) is 12.1 Å². The summed E-state index contributed by atoms with van der Waals surface area (Å²) in [4.78, 5) is 34.0. The van der Waals surface area contributed by atoms with E-state index in [9.17, 15) is 9.59 Å². The number of ether oxygens (including phenoxy) is 1. The SMILES string of the molecule is COC(=O)c1cccc(-c2cn3c(-c4ccc(C(=O)NC5CC5)cc4)cnc3c(NCC(C)C)n2)c1. The monoisotopic (exact) mass is 483 g/mol. The lowest BCUT2D eigenvalue weighted by molar-refractivity contribution is 0.0600. The fourth-order valence-corrected chi connectivity index (χ4v) is 3.97. The lowest BCUT2D eigenvalue weighted by atomic mass is 10.1. The minimum absolute atomic E-state index is 0.0423. The van der Waals surface area contributed by atoms with Gasteiger partial charge in [0, 0.05) is 35.5 Å². The van der Waals surface area contributed by atoms with Gasteiger partial charge >= 0.3 is 5.97 Å². The average molecular weight is 484 g/mol. The number of methoxy groups -OCH3 is 1. The fraction of sp³-hybridized carbons (Fsp3) is 0.286. The Morgan fingerprint density at radius 3 is 2.56 bits per heavy atom. The van der Waals surface area contributed by atoms with Crippen LogP contribution < -0.4 is 10.6 Å². The van der Waals surface area contributed by atoms with Gasteiger partial charge < -0.3 is 15.4 Å². The molecule has 2 aromatic carbocycles. The number of hydrogen-bond acceptors (Lipinski definition) is 6. The highest BCUT2D eigenvalue weighted by Crippen LogP contribution is 2.29. The molecule has 2 N–H and O–H groups in total. The van der Waals surface area contributed by atoms with Crippen molar-refractivity contribution in [2.75, 3.05) is 19.0 Å². The summed E-state index contributed by atoms with van der Waals surface area (Å²) in [5.41, 5.74) is 5.09. The van der Waals surface area contributed by atoms with Crippen molar-refractivity contribution in [2.24, 2.45) is 5.92 Å². The second-order valence-corrected chi connectivity index (χ2v) is 9.48. The minimum Gasteiger partial charge on any atom is -0.465 e. The molecule has 0 spiro atoms. The van der Waals surface area contributed by atoms with Crippen LogP contribution in [-0.2, 0) is 4.74 Å². The zero-order chi connectivity index (χ0) is 25.2. The number of amides is 1. The Hall–Kier alpha value is -4.20. The van der Waals surface area contributed by atoms with Gasteiger partial charge in [0.05, 0.1) is 30.3 Å². The number of carbonyl (C=O) groups is 2. The summed E-state index contributed by atoms with van der Waals surface area (Å²) < 4.78 is 6.88. The van der Waals surface area contributed by atoms with E-state index >= 15 is 0 Å². The van der Waals surface area contributed by atoms with Crippen LogP contribution >= 0.6 is 0 Å². The third kappa shape index (κ3) is 4.93. The first kappa shape index (κ1) is 23.5. The first-order valence-electron chi connectivity index (χ1n) is 12.1. The standard InChI is InChI=1S/C28H29N5O3/c1-17(2)14-29-25-26-30-15-24(18-7-9-19(10-8-18)27(34)31-22-11-12-22)33(26)16-23(32-25)20-5-4-6-21(13-20)28(35)36-3/h4-10,13,15-17,22H,11-12,14H2,1-3H3,(H,29,32)(H,31,34). The first-order valence-corrected chi connectivity index (χ1v) is 12.1. The lowest BCUT2D eigenvalue weighted by Crippen LogP contribution is -2.25. The molecule has 0 atom stereocenters. The summed E-state index contributed by atoms with van der Waals surface area (Å²) in [6.45, 7) is 5.00. The van der Waals surface area contributed by atoms with Gasteiger partial charge in [-0.3, -0.25) is 9.20 Å². The van der Waals surface area contributed by atoms with Gasteiger partial charge in [0.1, 0.15) is 0 Å². The van der Waals surface area contributed by atoms with Crippen LogP contribution in [0.3, 0.4) is 0 Å². The van der Waals surface area contributed by atoms with Crippen LogP contribution in [0.15, 0.2) is 60.9 Å². The van der Waals surface area contributed by atoms with Crippen LogP contribution in [0.4, 0.5) is 5.82 Å². The van der Waals surface area contributed by atoms with E-state index in [1.165, 1.54) is 7.11 Å². The zero-order valence-corrected chi connectivity index (χ0v) is 20.6. The van der Waals surface area contributed by atoms with Crippen molar-refractivity contribution in [3.05, 3.63) is 72.1 Å². The molecule has 0 bridgehead atoms. The number of fused-ring (bicyclic) bond motifs is 1. The molecule has 0 radical (unpaired) electrons. The van der Waals surface area contributed by atoms with Crippen LogP contribution in [0.25, 0.3) is 28.2 Å². The van der Waals surface area contributed by atoms with Gasteiger partial charge in [0.2, 0.25) is 0 Å². The highest BCUT2D eigenvalue weighted by molar-refractivity contribution is 5.95. The van der Waals surface area contributed by atoms with E-state index in [0.29, 0.717) is 40.2 Å². The molecule has 1 amide bonds. The summed E-state index contributed by atoms with van der Waals surface area (Å²) in [5, 5.41) is 6.44. The predicted molar refractivity (Wildman–Crippen MR) is 139 cm³/mol. The van der Waals surface area contributed by atoms with Crippen molar-refractivity contribution in [2.45, 2.75) is 32.7 Å². The Labute approximate surface area is 209 Å². The van der Waals surface area contributed by atoms with Crippen LogP contribution in [0.1, 0.15) is 47.4 Å². The summed E-state index contributed by atoms with van der Waals surface area (Å²) in [6, 6.07) is 15.1. The summed E-state index contributed by atoms with van der Waals surface area (Å²) >= 11 is 0. The number of imidazole rings is 1. The maximum atomic E-state index is 12.4. The summed E-state index contributed by atoms with van der Waals surface area (Å²) in [7, 11) is 1.37. The minimum atomic E-state index is -0.398. The number of benzene rings is 2. The summed E-state index contributed by atoms with van der Waals surface area (Å²) in [5.74, 6) is 0.642. The second-order valence-electron chi connectivity index (χ2n) is 9.48. The van der Waals surface area contributed by atoms with Gasteiger partial charge in [-0.1, -0.05) is 38.1 Å². The maximum absolute atomic E-state index is 12.4. The van der Waals surface area contributed by atoms with Gasteiger partial charge in [-0.25, -0.2) is 14.8 Å². The molecule has 0 aliphatic heterocycles. The first-order chi connectivity index (χ1) is 17.4. The van der Waals surface area contributed by atoms with Crippen molar-refractivity contribution in [3.63, 3.8) is 0 Å². The van der Waals surface area contributed by atoms with Crippen molar-refractivity contribution in [1.29, 1.82) is 0 Å². The molecule has 1 aliphatic rings. The summed E-state index contributed by atoms with van der Waals surface area (Å²) in [6.07, 6.45) is 5.84. The molecule has 8 heteroatoms. The molecule has 1 fully saturated rings. The highest BCUT2D eigenvalue weighted by atomic mass is 16.5. The van der Waals surface area contributed by atoms with E-state index in [0.717, 1.165) is 36.2 Å². The average Bonchev–Trinajstić information content (AvgIpc) is 3.61. The number of aromatic nitrogens is 3. The zero-order valence-electron chi connectivity index (χ0n) is 20.6. The maximum Gasteiger partial charge on any atom is 0.337 e. The van der Waals surface area contributed by atoms with E-state index in [1.807, 2.05) is 53.2 Å². The number of nitrogens with zero attached hydrogens (tertiary/aromatic N) is 3. The Morgan fingerprint density at radius 2 is 1.86 bits per heavy atom. The Balaban J connectivity index is 1.56. The Bertz CT molecular complexity index is 1420. The van der Waals surface area contributed by atoms with Gasteiger partial charge in [-0.2, -0.15) is 0 Å². The van der Waals surface area contributed by atoms with Crippen molar-refractivity contribution in [1.82, 2.24) is 19.7 Å². The Morgan fingerprint density at radius 1 is 1.08 bits per heavy atom. The number of rotatable bonds is 8. The fourth-order valence-electron chi connectivity index (χ4n) is 3.97. The van der Waals surface area contributed by atoms with E-state index in [2.05, 4.69) is 29.5 Å². The van der Waals surface area contributed by atoms with Crippen LogP contribution in [-0.4, -0.2) is 45.9 Å². The third-order valence-corrected chi connectivity index (χ3v) is 6.10. The molecular weight excluding hydrogens is 454 g/mol. The molecule has 1 saturated carbocycles. The number of anilines is 1. The molecule has 2 aromatic heterocycles. The quantitative estimate of drug-likeness (QED) is 0.349. The van der Waals surface area contributed by atoms with E-state index < -0.39 is 5.97 Å². The molecule has 4 aromatic rings. The third-order valence-electron chi connectivity index (χ3n) is 6.10. The smallest absolute Gasteiger partial charge is 0.337 e. The van der Waals surface area contributed by atoms with Gasteiger partial charge in [-0.15, -0.1) is 0 Å². The topological polar surface area (TPSA) is 97.6 Å². The molecule has 0 saturated heterocycles. The molecule has 0 unspecified atom stereocenters.